The van der Waals surface area contributed by atoms with Gasteiger partial charge in [0.15, 0.2) is 0 Å². The average Bonchev–Trinajstić information content (AvgIpc) is 2.52. The summed E-state index contributed by atoms with van der Waals surface area (Å²) in [7, 11) is 0. The van der Waals surface area contributed by atoms with Gasteiger partial charge < -0.3 is 14.4 Å². The second kappa shape index (κ2) is 5.44. The molecule has 14 heavy (non-hydrogen) atoms. The lowest BCUT2D eigenvalue weighted by Gasteiger charge is -1.98. The number of carbonyl (C=O) groups is 3. The van der Waals surface area contributed by atoms with Crippen molar-refractivity contribution in [2.24, 2.45) is 0 Å². The molecular formula is C10H10O3S. The van der Waals surface area contributed by atoms with Gasteiger partial charge >= 0.3 is 0 Å². The summed E-state index contributed by atoms with van der Waals surface area (Å²) in [6.07, 6.45) is 3.34. The summed E-state index contributed by atoms with van der Waals surface area (Å²) in [6, 6.07) is 0. The number of rotatable bonds is 6. The van der Waals surface area contributed by atoms with Crippen LogP contribution >= 0.6 is 11.3 Å². The highest BCUT2D eigenvalue weighted by atomic mass is 32.1. The molecule has 0 N–H and O–H groups in total. The zero-order valence-corrected chi connectivity index (χ0v) is 8.38. The molecule has 1 rings (SSSR count). The first-order valence-corrected chi connectivity index (χ1v) is 5.10. The molecule has 0 atom stereocenters. The number of aldehydes is 3. The van der Waals surface area contributed by atoms with E-state index in [4.69, 9.17) is 0 Å². The number of hydrogen-bond donors (Lipinski definition) is 0. The van der Waals surface area contributed by atoms with Gasteiger partial charge in [-0.2, -0.15) is 0 Å². The third kappa shape index (κ3) is 2.35. The van der Waals surface area contributed by atoms with E-state index in [-0.39, 0.29) is 6.42 Å². The van der Waals surface area contributed by atoms with E-state index < -0.39 is 0 Å². The molecule has 0 aliphatic heterocycles. The summed E-state index contributed by atoms with van der Waals surface area (Å²) in [4.78, 5) is 32.0. The first-order chi connectivity index (χ1) is 6.83. The van der Waals surface area contributed by atoms with E-state index in [1.165, 1.54) is 11.3 Å². The number of carbonyl (C=O) groups excluding carboxylic acids is 3. The minimum atomic E-state index is 0.288. The van der Waals surface area contributed by atoms with Gasteiger partial charge in [0.1, 0.15) is 18.9 Å². The summed E-state index contributed by atoms with van der Waals surface area (Å²) in [6.45, 7) is 0. The fraction of sp³-hybridized carbons (Fsp3) is 0.300. The Morgan fingerprint density at radius 2 is 1.64 bits per heavy atom. The smallest absolute Gasteiger partial charge is 0.125 e. The van der Waals surface area contributed by atoms with Crippen molar-refractivity contribution in [2.75, 3.05) is 0 Å². The maximum Gasteiger partial charge on any atom is 0.125 e. The number of thiophene rings is 1. The molecule has 0 aliphatic rings. The highest BCUT2D eigenvalue weighted by Gasteiger charge is 2.10. The van der Waals surface area contributed by atoms with Gasteiger partial charge in [-0.1, -0.05) is 0 Å². The molecule has 0 aromatic carbocycles. The monoisotopic (exact) mass is 210 g/mol. The highest BCUT2D eigenvalue weighted by molar-refractivity contribution is 7.10. The van der Waals surface area contributed by atoms with E-state index in [1.54, 1.807) is 0 Å². The molecule has 74 valence electrons. The Labute approximate surface area is 85.7 Å². The minimum Gasteiger partial charge on any atom is -0.303 e. The van der Waals surface area contributed by atoms with Crippen LogP contribution in [-0.2, 0) is 33.6 Å². The fourth-order valence-electron chi connectivity index (χ4n) is 1.30. The summed E-state index contributed by atoms with van der Waals surface area (Å²) in [5.41, 5.74) is 1.72. The van der Waals surface area contributed by atoms with Crippen LogP contribution in [0.25, 0.3) is 0 Å². The molecule has 0 spiro atoms. The van der Waals surface area contributed by atoms with Crippen LogP contribution in [0.2, 0.25) is 0 Å². The van der Waals surface area contributed by atoms with Crippen LogP contribution in [0.4, 0.5) is 0 Å². The second-order valence-corrected chi connectivity index (χ2v) is 3.74. The van der Waals surface area contributed by atoms with E-state index in [0.717, 1.165) is 34.9 Å². The van der Waals surface area contributed by atoms with Crippen LogP contribution < -0.4 is 0 Å². The minimum absolute atomic E-state index is 0.288. The molecule has 0 amide bonds. The summed E-state index contributed by atoms with van der Waals surface area (Å²) >= 11 is 1.43. The molecule has 0 unspecified atom stereocenters. The molecule has 3 nitrogen and oxygen atoms in total. The molecule has 0 saturated heterocycles. The largest absolute Gasteiger partial charge is 0.303 e. The summed E-state index contributed by atoms with van der Waals surface area (Å²) in [5.74, 6) is 0. The lowest BCUT2D eigenvalue weighted by Crippen LogP contribution is -1.96. The van der Waals surface area contributed by atoms with Crippen molar-refractivity contribution in [1.82, 2.24) is 0 Å². The van der Waals surface area contributed by atoms with Crippen molar-refractivity contribution in [3.8, 4) is 0 Å². The topological polar surface area (TPSA) is 51.2 Å². The van der Waals surface area contributed by atoms with Gasteiger partial charge in [-0.15, -0.1) is 11.3 Å². The lowest BCUT2D eigenvalue weighted by atomic mass is 10.1. The van der Waals surface area contributed by atoms with Gasteiger partial charge in [-0.25, -0.2) is 0 Å². The van der Waals surface area contributed by atoms with Crippen LogP contribution in [0.5, 0.6) is 0 Å². The van der Waals surface area contributed by atoms with Crippen LogP contribution in [-0.4, -0.2) is 18.9 Å². The highest BCUT2D eigenvalue weighted by Crippen LogP contribution is 2.23. The maximum atomic E-state index is 10.4. The summed E-state index contributed by atoms with van der Waals surface area (Å²) < 4.78 is 0. The normalized spacial score (nSPS) is 9.71. The molecule has 0 fully saturated rings. The lowest BCUT2D eigenvalue weighted by molar-refractivity contribution is -0.108. The van der Waals surface area contributed by atoms with Gasteiger partial charge in [0, 0.05) is 24.1 Å². The molecule has 0 aliphatic carbocycles. The Morgan fingerprint density at radius 3 is 2.21 bits per heavy atom. The molecule has 0 saturated carbocycles. The standard InChI is InChI=1S/C10H10O3S/c11-4-1-8-7-14-10(3-6-13)9(8)2-5-12/h4-7H,1-3H2. The Kier molecular flexibility index (Phi) is 4.19. The molecular weight excluding hydrogens is 200 g/mol. The van der Waals surface area contributed by atoms with Gasteiger partial charge in [0.25, 0.3) is 0 Å². The Bertz CT molecular complexity index is 314. The third-order valence-corrected chi connectivity index (χ3v) is 3.03. The first kappa shape index (κ1) is 10.8. The summed E-state index contributed by atoms with van der Waals surface area (Å²) in [5, 5.41) is 1.84. The van der Waals surface area contributed by atoms with Crippen molar-refractivity contribution in [2.45, 2.75) is 19.3 Å². The van der Waals surface area contributed by atoms with E-state index in [2.05, 4.69) is 0 Å². The fourth-order valence-corrected chi connectivity index (χ4v) is 2.34. The molecule has 0 bridgehead atoms. The molecule has 1 aromatic rings. The van der Waals surface area contributed by atoms with Crippen LogP contribution in [0, 0.1) is 0 Å². The van der Waals surface area contributed by atoms with Gasteiger partial charge in [0.2, 0.25) is 0 Å². The molecule has 0 radical (unpaired) electrons. The van der Waals surface area contributed by atoms with Crippen molar-refractivity contribution < 1.29 is 14.4 Å². The SMILES string of the molecule is O=CCc1csc(CC=O)c1CC=O. The van der Waals surface area contributed by atoms with Gasteiger partial charge in [0.05, 0.1) is 0 Å². The van der Waals surface area contributed by atoms with Gasteiger partial charge in [-0.3, -0.25) is 0 Å². The van der Waals surface area contributed by atoms with E-state index in [0.29, 0.717) is 12.8 Å². The number of hydrogen-bond acceptors (Lipinski definition) is 4. The van der Waals surface area contributed by atoms with Crippen molar-refractivity contribution in [3.63, 3.8) is 0 Å². The van der Waals surface area contributed by atoms with Crippen molar-refractivity contribution >= 4 is 30.2 Å². The van der Waals surface area contributed by atoms with Crippen LogP contribution in [0.3, 0.4) is 0 Å². The van der Waals surface area contributed by atoms with E-state index in [9.17, 15) is 14.4 Å². The average molecular weight is 210 g/mol. The van der Waals surface area contributed by atoms with E-state index >= 15 is 0 Å². The maximum absolute atomic E-state index is 10.4. The molecule has 1 aromatic heterocycles. The predicted molar refractivity (Wildman–Crippen MR) is 53.6 cm³/mol. The zero-order valence-electron chi connectivity index (χ0n) is 7.56. The first-order valence-electron chi connectivity index (χ1n) is 4.22. The van der Waals surface area contributed by atoms with Crippen molar-refractivity contribution in [3.05, 3.63) is 21.4 Å². The molecule has 1 heterocycles. The second-order valence-electron chi connectivity index (χ2n) is 2.78. The molecule has 4 heteroatoms. The zero-order chi connectivity index (χ0) is 10.4. The quantitative estimate of drug-likeness (QED) is 0.657. The predicted octanol–water partition coefficient (Wildman–Crippen LogP) is 0.972. The third-order valence-electron chi connectivity index (χ3n) is 1.93. The van der Waals surface area contributed by atoms with Crippen LogP contribution in [0.15, 0.2) is 5.38 Å². The van der Waals surface area contributed by atoms with Gasteiger partial charge in [-0.05, 0) is 16.5 Å². The van der Waals surface area contributed by atoms with E-state index in [1.807, 2.05) is 5.38 Å². The Balaban J connectivity index is 2.98. The Morgan fingerprint density at radius 1 is 1.00 bits per heavy atom. The Hall–Kier alpha value is -1.29. The van der Waals surface area contributed by atoms with Crippen LogP contribution in [0.1, 0.15) is 16.0 Å². The van der Waals surface area contributed by atoms with Crippen molar-refractivity contribution in [1.29, 1.82) is 0 Å².